The highest BCUT2D eigenvalue weighted by molar-refractivity contribution is 5.31. The van der Waals surface area contributed by atoms with Crippen molar-refractivity contribution in [3.8, 4) is 0 Å². The third-order valence-electron chi connectivity index (χ3n) is 4.80. The molecule has 1 aromatic carbocycles. The molecule has 0 radical (unpaired) electrons. The van der Waals surface area contributed by atoms with Crippen LogP contribution in [0, 0.1) is 11.8 Å². The number of rotatable bonds is 1. The van der Waals surface area contributed by atoms with Crippen molar-refractivity contribution in [1.29, 1.82) is 0 Å². The molecule has 2 saturated carbocycles. The first-order chi connectivity index (χ1) is 7.82. The van der Waals surface area contributed by atoms with Gasteiger partial charge in [-0.05, 0) is 36.7 Å². The number of aliphatic hydroxyl groups excluding tert-OH is 1. The summed E-state index contributed by atoms with van der Waals surface area (Å²) in [5.74, 6) is 1.09. The molecule has 0 aromatic heterocycles. The molecule has 1 saturated heterocycles. The Morgan fingerprint density at radius 1 is 1.19 bits per heavy atom. The van der Waals surface area contributed by atoms with Crippen LogP contribution in [0.25, 0.3) is 0 Å². The summed E-state index contributed by atoms with van der Waals surface area (Å²) in [5, 5.41) is 10.3. The highest BCUT2D eigenvalue weighted by Crippen LogP contribution is 2.67. The van der Waals surface area contributed by atoms with Gasteiger partial charge in [-0.15, -0.1) is 0 Å². The van der Waals surface area contributed by atoms with Crippen molar-refractivity contribution in [2.75, 3.05) is 0 Å². The monoisotopic (exact) mass is 216 g/mol. The lowest BCUT2D eigenvalue weighted by Crippen LogP contribution is -2.36. The van der Waals surface area contributed by atoms with Crippen LogP contribution < -0.4 is 0 Å². The summed E-state index contributed by atoms with van der Waals surface area (Å²) < 4.78 is 5.95. The standard InChI is InChI=1S/C14H16O2/c15-12-10-6-7-11(8-10)14(12)13(16-14)9-4-2-1-3-5-9/h1-5,10-13,15H,6-8H2/t10-,11+,12-,13+,14+/m0/s1. The Morgan fingerprint density at radius 2 is 2.00 bits per heavy atom. The van der Waals surface area contributed by atoms with Gasteiger partial charge in [0.25, 0.3) is 0 Å². The van der Waals surface area contributed by atoms with Gasteiger partial charge in [-0.25, -0.2) is 0 Å². The molecule has 1 aromatic rings. The van der Waals surface area contributed by atoms with Crippen molar-refractivity contribution < 1.29 is 9.84 Å². The zero-order valence-electron chi connectivity index (χ0n) is 9.17. The van der Waals surface area contributed by atoms with E-state index < -0.39 is 0 Å². The number of ether oxygens (including phenoxy) is 1. The van der Waals surface area contributed by atoms with Crippen LogP contribution in [0.5, 0.6) is 0 Å². The Hall–Kier alpha value is -0.860. The van der Waals surface area contributed by atoms with Gasteiger partial charge in [0, 0.05) is 0 Å². The molecule has 1 heterocycles. The Bertz CT molecular complexity index is 412. The molecule has 16 heavy (non-hydrogen) atoms. The summed E-state index contributed by atoms with van der Waals surface area (Å²) in [5.41, 5.74) is 1.03. The molecule has 1 spiro atoms. The van der Waals surface area contributed by atoms with Crippen LogP contribution in [0.2, 0.25) is 0 Å². The number of hydrogen-bond acceptors (Lipinski definition) is 2. The molecule has 4 rings (SSSR count). The second-order valence-electron chi connectivity index (χ2n) is 5.48. The molecule has 0 amide bonds. The van der Waals surface area contributed by atoms with E-state index in [1.165, 1.54) is 24.8 Å². The smallest absolute Gasteiger partial charge is 0.128 e. The van der Waals surface area contributed by atoms with Gasteiger partial charge < -0.3 is 9.84 Å². The van der Waals surface area contributed by atoms with E-state index in [1.807, 2.05) is 18.2 Å². The maximum absolute atomic E-state index is 10.3. The first-order valence-corrected chi connectivity index (χ1v) is 6.23. The predicted molar refractivity (Wildman–Crippen MR) is 59.8 cm³/mol. The van der Waals surface area contributed by atoms with E-state index in [0.29, 0.717) is 11.8 Å². The summed E-state index contributed by atoms with van der Waals surface area (Å²) >= 11 is 0. The molecule has 1 aliphatic heterocycles. The van der Waals surface area contributed by atoms with Gasteiger partial charge in [0.1, 0.15) is 11.7 Å². The second-order valence-corrected chi connectivity index (χ2v) is 5.48. The molecule has 2 aliphatic carbocycles. The van der Waals surface area contributed by atoms with Crippen molar-refractivity contribution in [3.63, 3.8) is 0 Å². The van der Waals surface area contributed by atoms with E-state index >= 15 is 0 Å². The Balaban J connectivity index is 1.68. The summed E-state index contributed by atoms with van der Waals surface area (Å²) in [7, 11) is 0. The minimum absolute atomic E-state index is 0.152. The molecular weight excluding hydrogens is 200 g/mol. The third-order valence-corrected chi connectivity index (χ3v) is 4.80. The van der Waals surface area contributed by atoms with Crippen molar-refractivity contribution in [2.24, 2.45) is 11.8 Å². The molecule has 0 unspecified atom stereocenters. The van der Waals surface area contributed by atoms with Crippen molar-refractivity contribution in [2.45, 2.75) is 37.1 Å². The number of benzene rings is 1. The Kier molecular flexibility index (Phi) is 1.65. The average Bonchev–Trinajstić information content (AvgIpc) is 2.77. The fourth-order valence-corrected chi connectivity index (χ4v) is 3.98. The Morgan fingerprint density at radius 3 is 2.69 bits per heavy atom. The van der Waals surface area contributed by atoms with Gasteiger partial charge in [0.05, 0.1) is 6.10 Å². The predicted octanol–water partition coefficient (Wildman–Crippen LogP) is 2.29. The van der Waals surface area contributed by atoms with Crippen LogP contribution in [0.4, 0.5) is 0 Å². The lowest BCUT2D eigenvalue weighted by atomic mass is 9.82. The topological polar surface area (TPSA) is 32.8 Å². The molecule has 84 valence electrons. The zero-order valence-corrected chi connectivity index (χ0v) is 9.17. The van der Waals surface area contributed by atoms with Crippen molar-refractivity contribution in [3.05, 3.63) is 35.9 Å². The van der Waals surface area contributed by atoms with Gasteiger partial charge in [-0.1, -0.05) is 30.3 Å². The van der Waals surface area contributed by atoms with Crippen LogP contribution in [0.3, 0.4) is 0 Å². The maximum Gasteiger partial charge on any atom is 0.128 e. The first kappa shape index (κ1) is 9.20. The summed E-state index contributed by atoms with van der Waals surface area (Å²) in [6.07, 6.45) is 3.53. The van der Waals surface area contributed by atoms with Crippen LogP contribution >= 0.6 is 0 Å². The molecule has 1 N–H and O–H groups in total. The first-order valence-electron chi connectivity index (χ1n) is 6.23. The van der Waals surface area contributed by atoms with E-state index in [-0.39, 0.29) is 17.8 Å². The number of fused-ring (bicyclic) bond motifs is 3. The SMILES string of the molecule is O[C@H]1[C@H]2CC[C@H](C2)[C@@]12O[C@@H]2c1ccccc1. The van der Waals surface area contributed by atoms with E-state index in [9.17, 15) is 5.11 Å². The lowest BCUT2D eigenvalue weighted by molar-refractivity contribution is 0.0319. The van der Waals surface area contributed by atoms with Gasteiger partial charge in [-0.3, -0.25) is 0 Å². The van der Waals surface area contributed by atoms with E-state index in [0.717, 1.165) is 0 Å². The van der Waals surface area contributed by atoms with Gasteiger partial charge in [-0.2, -0.15) is 0 Å². The van der Waals surface area contributed by atoms with Gasteiger partial charge >= 0.3 is 0 Å². The molecule has 2 heteroatoms. The van der Waals surface area contributed by atoms with Crippen LogP contribution in [-0.2, 0) is 4.74 Å². The molecule has 2 nitrogen and oxygen atoms in total. The number of epoxide rings is 1. The summed E-state index contributed by atoms with van der Waals surface area (Å²) in [6.45, 7) is 0. The van der Waals surface area contributed by atoms with E-state index in [4.69, 9.17) is 4.74 Å². The fraction of sp³-hybridized carbons (Fsp3) is 0.571. The lowest BCUT2D eigenvalue weighted by Gasteiger charge is -2.24. The van der Waals surface area contributed by atoms with E-state index in [1.54, 1.807) is 0 Å². The van der Waals surface area contributed by atoms with Gasteiger partial charge in [0.15, 0.2) is 0 Å². The van der Waals surface area contributed by atoms with Crippen LogP contribution in [-0.4, -0.2) is 16.8 Å². The normalized spacial score (nSPS) is 48.8. The molecule has 3 aliphatic rings. The van der Waals surface area contributed by atoms with Crippen LogP contribution in [0.15, 0.2) is 30.3 Å². The highest BCUT2D eigenvalue weighted by Gasteiger charge is 2.72. The molecular formula is C14H16O2. The fourth-order valence-electron chi connectivity index (χ4n) is 3.98. The molecule has 5 atom stereocenters. The maximum atomic E-state index is 10.3. The quantitative estimate of drug-likeness (QED) is 0.730. The highest BCUT2D eigenvalue weighted by atomic mass is 16.6. The number of aliphatic hydroxyl groups is 1. The largest absolute Gasteiger partial charge is 0.390 e. The van der Waals surface area contributed by atoms with E-state index in [2.05, 4.69) is 12.1 Å². The molecule has 3 fully saturated rings. The van der Waals surface area contributed by atoms with Crippen LogP contribution in [0.1, 0.15) is 30.9 Å². The van der Waals surface area contributed by atoms with Crippen molar-refractivity contribution in [1.82, 2.24) is 0 Å². The third kappa shape index (κ3) is 0.950. The minimum Gasteiger partial charge on any atom is -0.390 e. The molecule has 2 bridgehead atoms. The summed E-state index contributed by atoms with van der Waals surface area (Å²) in [6, 6.07) is 10.3. The zero-order chi connectivity index (χ0) is 10.8. The summed E-state index contributed by atoms with van der Waals surface area (Å²) in [4.78, 5) is 0. The number of hydrogen-bond donors (Lipinski definition) is 1. The Labute approximate surface area is 95.2 Å². The second kappa shape index (κ2) is 2.88. The average molecular weight is 216 g/mol. The van der Waals surface area contributed by atoms with Gasteiger partial charge in [0.2, 0.25) is 0 Å². The minimum atomic E-state index is -0.226. The van der Waals surface area contributed by atoms with Crippen molar-refractivity contribution >= 4 is 0 Å².